The SMILES string of the molecule is c1ccc2c(-c3ccc(N(c4ccc(-c5ccc6cc7c(cc6c5)oc5ccccc57)cc4)c4cccc5sc6ccccc6c45)cc3)cccc2c1. The molecule has 0 saturated carbocycles. The van der Waals surface area contributed by atoms with E-state index in [2.05, 4.69) is 181 Å². The zero-order valence-electron chi connectivity index (χ0n) is 28.7. The Morgan fingerprint density at radius 1 is 0.377 bits per heavy atom. The summed E-state index contributed by atoms with van der Waals surface area (Å²) in [4.78, 5) is 2.41. The molecule has 0 atom stereocenters. The summed E-state index contributed by atoms with van der Waals surface area (Å²) in [6.07, 6.45) is 0. The number of nitrogens with zero attached hydrogens (tertiary/aromatic N) is 1. The molecule has 0 amide bonds. The van der Waals surface area contributed by atoms with E-state index in [1.807, 2.05) is 23.5 Å². The van der Waals surface area contributed by atoms with Crippen LogP contribution in [0.5, 0.6) is 0 Å². The Hall–Kier alpha value is -6.68. The van der Waals surface area contributed by atoms with E-state index < -0.39 is 0 Å². The lowest BCUT2D eigenvalue weighted by molar-refractivity contribution is 0.669. The molecule has 0 saturated heterocycles. The Morgan fingerprint density at radius 3 is 1.89 bits per heavy atom. The minimum absolute atomic E-state index is 0.920. The summed E-state index contributed by atoms with van der Waals surface area (Å²) in [5, 5.41) is 9.77. The Bertz CT molecular complexity index is 3160. The van der Waals surface area contributed by atoms with Crippen molar-refractivity contribution >= 4 is 92.1 Å². The van der Waals surface area contributed by atoms with E-state index in [0.29, 0.717) is 0 Å². The molecule has 2 aromatic heterocycles. The summed E-state index contributed by atoms with van der Waals surface area (Å²) in [7, 11) is 0. The molecule has 3 heteroatoms. The molecule has 248 valence electrons. The lowest BCUT2D eigenvalue weighted by Crippen LogP contribution is -2.10. The van der Waals surface area contributed by atoms with E-state index in [0.717, 1.165) is 33.3 Å². The van der Waals surface area contributed by atoms with E-state index >= 15 is 0 Å². The van der Waals surface area contributed by atoms with Crippen LogP contribution in [-0.4, -0.2) is 0 Å². The lowest BCUT2D eigenvalue weighted by atomic mass is 9.97. The van der Waals surface area contributed by atoms with E-state index in [1.54, 1.807) is 0 Å². The second-order valence-electron chi connectivity index (χ2n) is 13.7. The predicted molar refractivity (Wildman–Crippen MR) is 227 cm³/mol. The Labute approximate surface area is 310 Å². The summed E-state index contributed by atoms with van der Waals surface area (Å²) in [6, 6.07) is 68.1. The van der Waals surface area contributed by atoms with Crippen molar-refractivity contribution in [2.24, 2.45) is 0 Å². The lowest BCUT2D eigenvalue weighted by Gasteiger charge is -2.27. The summed E-state index contributed by atoms with van der Waals surface area (Å²) < 4.78 is 8.81. The number of anilines is 3. The largest absolute Gasteiger partial charge is 0.456 e. The van der Waals surface area contributed by atoms with Crippen LogP contribution in [0.4, 0.5) is 17.1 Å². The third-order valence-electron chi connectivity index (χ3n) is 10.6. The van der Waals surface area contributed by atoms with Gasteiger partial charge in [0.25, 0.3) is 0 Å². The van der Waals surface area contributed by atoms with Gasteiger partial charge in [0.2, 0.25) is 0 Å². The van der Waals surface area contributed by atoms with Gasteiger partial charge in [-0.05, 0) is 111 Å². The van der Waals surface area contributed by atoms with Crippen molar-refractivity contribution < 1.29 is 4.42 Å². The standard InChI is InChI=1S/C50H31NOS/c1-2-11-40-33(9-1)10-7-14-41(40)34-23-27-39(28-24-34)51(45-15-8-18-49-50(45)43-13-4-6-17-48(43)53-49)38-25-21-32(22-26-38)35-19-20-36-30-44-42-12-3-5-16-46(42)52-47(44)31-37(36)29-35/h1-31H. The van der Waals surface area contributed by atoms with E-state index in [9.17, 15) is 0 Å². The van der Waals surface area contributed by atoms with Gasteiger partial charge in [-0.1, -0.05) is 121 Å². The molecule has 11 aromatic rings. The minimum Gasteiger partial charge on any atom is -0.456 e. The highest BCUT2D eigenvalue weighted by Crippen LogP contribution is 2.45. The minimum atomic E-state index is 0.920. The topological polar surface area (TPSA) is 16.4 Å². The molecule has 0 spiro atoms. The Morgan fingerprint density at radius 2 is 1.04 bits per heavy atom. The monoisotopic (exact) mass is 693 g/mol. The summed E-state index contributed by atoms with van der Waals surface area (Å²) >= 11 is 1.85. The average Bonchev–Trinajstić information content (AvgIpc) is 3.78. The van der Waals surface area contributed by atoms with Crippen molar-refractivity contribution in [3.8, 4) is 22.3 Å². The number of benzene rings is 9. The van der Waals surface area contributed by atoms with Crippen molar-refractivity contribution in [3.63, 3.8) is 0 Å². The first-order chi connectivity index (χ1) is 26.2. The molecule has 0 aliphatic heterocycles. The van der Waals surface area contributed by atoms with Gasteiger partial charge in [0, 0.05) is 42.3 Å². The highest BCUT2D eigenvalue weighted by atomic mass is 32.1. The number of hydrogen-bond acceptors (Lipinski definition) is 3. The quantitative estimate of drug-likeness (QED) is 0.178. The third kappa shape index (κ3) is 4.93. The van der Waals surface area contributed by atoms with Crippen LogP contribution >= 0.6 is 11.3 Å². The molecule has 9 aromatic carbocycles. The average molecular weight is 694 g/mol. The van der Waals surface area contributed by atoms with Crippen LogP contribution in [0.2, 0.25) is 0 Å². The second-order valence-corrected chi connectivity index (χ2v) is 14.8. The maximum atomic E-state index is 6.23. The molecular weight excluding hydrogens is 663 g/mol. The Balaban J connectivity index is 1.03. The van der Waals surface area contributed by atoms with Gasteiger partial charge >= 0.3 is 0 Å². The fourth-order valence-corrected chi connectivity index (χ4v) is 9.21. The van der Waals surface area contributed by atoms with E-state index in [4.69, 9.17) is 4.42 Å². The van der Waals surface area contributed by atoms with Crippen molar-refractivity contribution in [2.75, 3.05) is 4.90 Å². The fourth-order valence-electron chi connectivity index (χ4n) is 8.09. The molecule has 0 radical (unpaired) electrons. The molecule has 0 N–H and O–H groups in total. The fraction of sp³-hybridized carbons (Fsp3) is 0. The normalized spacial score (nSPS) is 11.8. The molecule has 0 fully saturated rings. The van der Waals surface area contributed by atoms with Crippen LogP contribution in [0.25, 0.3) is 85.9 Å². The molecule has 11 rings (SSSR count). The van der Waals surface area contributed by atoms with Crippen LogP contribution in [-0.2, 0) is 0 Å². The van der Waals surface area contributed by atoms with Crippen LogP contribution in [0.1, 0.15) is 0 Å². The van der Waals surface area contributed by atoms with Gasteiger partial charge in [0.1, 0.15) is 11.2 Å². The highest BCUT2D eigenvalue weighted by molar-refractivity contribution is 7.26. The molecule has 2 heterocycles. The molecule has 0 aliphatic rings. The first kappa shape index (κ1) is 30.0. The zero-order valence-corrected chi connectivity index (χ0v) is 29.5. The molecule has 0 aliphatic carbocycles. The first-order valence-electron chi connectivity index (χ1n) is 18.0. The number of para-hydroxylation sites is 1. The molecule has 2 nitrogen and oxygen atoms in total. The number of fused-ring (bicyclic) bond motifs is 8. The predicted octanol–water partition coefficient (Wildman–Crippen LogP) is 15.1. The number of hydrogen-bond donors (Lipinski definition) is 0. The number of thiophene rings is 1. The first-order valence-corrected chi connectivity index (χ1v) is 18.8. The van der Waals surface area contributed by atoms with Crippen LogP contribution in [0.3, 0.4) is 0 Å². The van der Waals surface area contributed by atoms with Gasteiger partial charge in [0.05, 0.1) is 5.69 Å². The molecular formula is C50H31NOS. The van der Waals surface area contributed by atoms with Gasteiger partial charge in [-0.3, -0.25) is 0 Å². The summed E-state index contributed by atoms with van der Waals surface area (Å²) in [5.41, 5.74) is 10.0. The number of rotatable bonds is 5. The Kier molecular flexibility index (Phi) is 6.76. The summed E-state index contributed by atoms with van der Waals surface area (Å²) in [5.74, 6) is 0. The molecule has 0 unspecified atom stereocenters. The summed E-state index contributed by atoms with van der Waals surface area (Å²) in [6.45, 7) is 0. The van der Waals surface area contributed by atoms with Gasteiger partial charge in [-0.25, -0.2) is 0 Å². The van der Waals surface area contributed by atoms with Gasteiger partial charge < -0.3 is 9.32 Å². The van der Waals surface area contributed by atoms with Crippen molar-refractivity contribution in [3.05, 3.63) is 188 Å². The van der Waals surface area contributed by atoms with Crippen LogP contribution < -0.4 is 4.90 Å². The molecule has 53 heavy (non-hydrogen) atoms. The number of furan rings is 1. The second kappa shape index (κ2) is 11.9. The van der Waals surface area contributed by atoms with Crippen molar-refractivity contribution in [1.82, 2.24) is 0 Å². The van der Waals surface area contributed by atoms with Crippen molar-refractivity contribution in [1.29, 1.82) is 0 Å². The van der Waals surface area contributed by atoms with Crippen LogP contribution in [0, 0.1) is 0 Å². The van der Waals surface area contributed by atoms with E-state index in [-0.39, 0.29) is 0 Å². The van der Waals surface area contributed by atoms with Crippen LogP contribution in [0.15, 0.2) is 192 Å². The van der Waals surface area contributed by atoms with Crippen molar-refractivity contribution in [2.45, 2.75) is 0 Å². The van der Waals surface area contributed by atoms with Gasteiger partial charge in [-0.2, -0.15) is 0 Å². The maximum Gasteiger partial charge on any atom is 0.136 e. The maximum absolute atomic E-state index is 6.23. The smallest absolute Gasteiger partial charge is 0.136 e. The van der Waals surface area contributed by atoms with Gasteiger partial charge in [0.15, 0.2) is 0 Å². The molecule has 0 bridgehead atoms. The zero-order chi connectivity index (χ0) is 34.9. The highest BCUT2D eigenvalue weighted by Gasteiger charge is 2.19. The van der Waals surface area contributed by atoms with Gasteiger partial charge in [-0.15, -0.1) is 11.3 Å². The van der Waals surface area contributed by atoms with E-state index in [1.165, 1.54) is 69.7 Å². The third-order valence-corrected chi connectivity index (χ3v) is 11.8.